The molecule has 2 rings (SSSR count). The fraction of sp³-hybridized carbons (Fsp3) is 0.667. The molecule has 1 aromatic carbocycles. The highest BCUT2D eigenvalue weighted by molar-refractivity contribution is 5.26. The predicted molar refractivity (Wildman–Crippen MR) is 88.7 cm³/mol. The SMILES string of the molecule is CC(C)N(CC1CCCNC1)C(C)Cc1ccc(O)cc1. The number of nitrogens with zero attached hydrogens (tertiary/aromatic N) is 1. The summed E-state index contributed by atoms with van der Waals surface area (Å²) in [4.78, 5) is 2.63. The van der Waals surface area contributed by atoms with Gasteiger partial charge in [0.15, 0.2) is 0 Å². The number of aromatic hydroxyl groups is 1. The molecular weight excluding hydrogens is 260 g/mol. The molecular formula is C18H30N2O. The molecule has 0 amide bonds. The molecule has 2 atom stereocenters. The van der Waals surface area contributed by atoms with E-state index in [4.69, 9.17) is 0 Å². The third kappa shape index (κ3) is 5.01. The smallest absolute Gasteiger partial charge is 0.115 e. The van der Waals surface area contributed by atoms with Crippen LogP contribution in [0.25, 0.3) is 0 Å². The van der Waals surface area contributed by atoms with Gasteiger partial charge in [0.1, 0.15) is 5.75 Å². The van der Waals surface area contributed by atoms with E-state index in [-0.39, 0.29) is 0 Å². The Balaban J connectivity index is 1.94. The van der Waals surface area contributed by atoms with Crippen LogP contribution < -0.4 is 5.32 Å². The summed E-state index contributed by atoms with van der Waals surface area (Å²) in [6, 6.07) is 8.73. The summed E-state index contributed by atoms with van der Waals surface area (Å²) < 4.78 is 0. The number of phenols is 1. The molecule has 0 spiro atoms. The van der Waals surface area contributed by atoms with Crippen LogP contribution in [0.3, 0.4) is 0 Å². The Kier molecular flexibility index (Phi) is 6.07. The minimum atomic E-state index is 0.348. The van der Waals surface area contributed by atoms with E-state index in [2.05, 4.69) is 31.0 Å². The fourth-order valence-electron chi connectivity index (χ4n) is 3.37. The van der Waals surface area contributed by atoms with E-state index in [9.17, 15) is 5.11 Å². The third-order valence-electron chi connectivity index (χ3n) is 4.56. The summed E-state index contributed by atoms with van der Waals surface area (Å²) in [5.41, 5.74) is 1.30. The molecule has 1 aliphatic heterocycles. The summed E-state index contributed by atoms with van der Waals surface area (Å²) in [5.74, 6) is 1.13. The molecule has 1 heterocycles. The average molecular weight is 290 g/mol. The Morgan fingerprint density at radius 2 is 1.95 bits per heavy atom. The van der Waals surface area contributed by atoms with E-state index in [1.165, 1.54) is 31.5 Å². The fourth-order valence-corrected chi connectivity index (χ4v) is 3.37. The van der Waals surface area contributed by atoms with Crippen LogP contribution >= 0.6 is 0 Å². The van der Waals surface area contributed by atoms with Crippen LogP contribution in [0.5, 0.6) is 5.75 Å². The van der Waals surface area contributed by atoms with Crippen molar-refractivity contribution in [2.45, 2.75) is 52.1 Å². The van der Waals surface area contributed by atoms with Gasteiger partial charge in [-0.15, -0.1) is 0 Å². The van der Waals surface area contributed by atoms with Gasteiger partial charge in [-0.1, -0.05) is 12.1 Å². The molecule has 1 aliphatic rings. The largest absolute Gasteiger partial charge is 0.508 e. The monoisotopic (exact) mass is 290 g/mol. The van der Waals surface area contributed by atoms with Crippen molar-refractivity contribution in [3.05, 3.63) is 29.8 Å². The second-order valence-electron chi connectivity index (χ2n) is 6.72. The molecule has 1 saturated heterocycles. The van der Waals surface area contributed by atoms with Crippen LogP contribution in [-0.4, -0.2) is 41.7 Å². The van der Waals surface area contributed by atoms with Crippen molar-refractivity contribution < 1.29 is 5.11 Å². The maximum Gasteiger partial charge on any atom is 0.115 e. The van der Waals surface area contributed by atoms with Gasteiger partial charge in [-0.2, -0.15) is 0 Å². The Labute approximate surface area is 129 Å². The first kappa shape index (κ1) is 16.3. The molecule has 1 aromatic rings. The lowest BCUT2D eigenvalue weighted by molar-refractivity contribution is 0.126. The highest BCUT2D eigenvalue weighted by Gasteiger charge is 2.22. The van der Waals surface area contributed by atoms with Gasteiger partial charge in [0.2, 0.25) is 0 Å². The van der Waals surface area contributed by atoms with Crippen LogP contribution in [-0.2, 0) is 6.42 Å². The van der Waals surface area contributed by atoms with Gasteiger partial charge in [0, 0.05) is 18.6 Å². The maximum absolute atomic E-state index is 9.39. The Hall–Kier alpha value is -1.06. The Morgan fingerprint density at radius 3 is 2.52 bits per heavy atom. The normalized spacial score (nSPS) is 20.9. The first-order chi connectivity index (χ1) is 10.1. The molecule has 2 N–H and O–H groups in total. The lowest BCUT2D eigenvalue weighted by atomic mass is 9.96. The number of phenolic OH excluding ortho intramolecular Hbond substituents is 1. The van der Waals surface area contributed by atoms with E-state index in [1.807, 2.05) is 12.1 Å². The van der Waals surface area contributed by atoms with Crippen LogP contribution in [0, 0.1) is 5.92 Å². The third-order valence-corrected chi connectivity index (χ3v) is 4.56. The quantitative estimate of drug-likeness (QED) is 0.845. The van der Waals surface area contributed by atoms with Gasteiger partial charge in [0.05, 0.1) is 0 Å². The Bertz CT molecular complexity index is 410. The van der Waals surface area contributed by atoms with Crippen LogP contribution in [0.4, 0.5) is 0 Å². The van der Waals surface area contributed by atoms with Crippen LogP contribution in [0.15, 0.2) is 24.3 Å². The standard InChI is InChI=1S/C18H30N2O/c1-14(2)20(13-17-5-4-10-19-12-17)15(3)11-16-6-8-18(21)9-7-16/h6-9,14-15,17,19,21H,4-5,10-13H2,1-3H3. The van der Waals surface area contributed by atoms with Crippen molar-refractivity contribution in [2.75, 3.05) is 19.6 Å². The minimum absolute atomic E-state index is 0.348. The zero-order valence-corrected chi connectivity index (χ0v) is 13.7. The molecule has 3 heteroatoms. The van der Waals surface area contributed by atoms with Crippen molar-refractivity contribution >= 4 is 0 Å². The molecule has 0 aromatic heterocycles. The number of rotatable bonds is 6. The lowest BCUT2D eigenvalue weighted by Gasteiger charge is -2.37. The predicted octanol–water partition coefficient (Wildman–Crippen LogP) is 3.03. The second kappa shape index (κ2) is 7.81. The zero-order chi connectivity index (χ0) is 15.2. The molecule has 0 aliphatic carbocycles. The van der Waals surface area contributed by atoms with E-state index >= 15 is 0 Å². The number of piperidine rings is 1. The van der Waals surface area contributed by atoms with E-state index < -0.39 is 0 Å². The zero-order valence-electron chi connectivity index (χ0n) is 13.7. The first-order valence-corrected chi connectivity index (χ1v) is 8.30. The highest BCUT2D eigenvalue weighted by Crippen LogP contribution is 2.19. The molecule has 1 fully saturated rings. The summed E-state index contributed by atoms with van der Waals surface area (Å²) in [6.07, 6.45) is 3.70. The number of hydrogen-bond acceptors (Lipinski definition) is 3. The Morgan fingerprint density at radius 1 is 1.24 bits per heavy atom. The first-order valence-electron chi connectivity index (χ1n) is 8.30. The average Bonchev–Trinajstić information content (AvgIpc) is 2.48. The van der Waals surface area contributed by atoms with Gasteiger partial charge in [-0.05, 0) is 76.7 Å². The molecule has 0 bridgehead atoms. The van der Waals surface area contributed by atoms with E-state index in [0.29, 0.717) is 17.8 Å². The maximum atomic E-state index is 9.39. The highest BCUT2D eigenvalue weighted by atomic mass is 16.3. The van der Waals surface area contributed by atoms with Gasteiger partial charge < -0.3 is 10.4 Å². The second-order valence-corrected chi connectivity index (χ2v) is 6.72. The van der Waals surface area contributed by atoms with Crippen LogP contribution in [0.2, 0.25) is 0 Å². The van der Waals surface area contributed by atoms with Crippen molar-refractivity contribution in [2.24, 2.45) is 5.92 Å². The van der Waals surface area contributed by atoms with Crippen molar-refractivity contribution in [3.63, 3.8) is 0 Å². The number of benzene rings is 1. The van der Waals surface area contributed by atoms with Gasteiger partial charge in [0.25, 0.3) is 0 Å². The topological polar surface area (TPSA) is 35.5 Å². The number of hydrogen-bond donors (Lipinski definition) is 2. The summed E-state index contributed by atoms with van der Waals surface area (Å²) >= 11 is 0. The van der Waals surface area contributed by atoms with Crippen molar-refractivity contribution in [1.82, 2.24) is 10.2 Å². The van der Waals surface area contributed by atoms with E-state index in [1.54, 1.807) is 12.1 Å². The van der Waals surface area contributed by atoms with Gasteiger partial charge in [-0.3, -0.25) is 4.90 Å². The lowest BCUT2D eigenvalue weighted by Crippen LogP contribution is -2.46. The number of nitrogens with one attached hydrogen (secondary N) is 1. The van der Waals surface area contributed by atoms with Gasteiger partial charge in [-0.25, -0.2) is 0 Å². The minimum Gasteiger partial charge on any atom is -0.508 e. The molecule has 0 radical (unpaired) electrons. The molecule has 2 unspecified atom stereocenters. The summed E-state index contributed by atoms with van der Waals surface area (Å²) in [6.45, 7) is 10.4. The molecule has 3 nitrogen and oxygen atoms in total. The van der Waals surface area contributed by atoms with Crippen molar-refractivity contribution in [1.29, 1.82) is 0 Å². The van der Waals surface area contributed by atoms with Crippen LogP contribution in [0.1, 0.15) is 39.2 Å². The molecule has 21 heavy (non-hydrogen) atoms. The summed E-state index contributed by atoms with van der Waals surface area (Å²) in [7, 11) is 0. The molecule has 118 valence electrons. The van der Waals surface area contributed by atoms with Gasteiger partial charge >= 0.3 is 0 Å². The van der Waals surface area contributed by atoms with E-state index in [0.717, 1.165) is 18.9 Å². The molecule has 0 saturated carbocycles. The van der Waals surface area contributed by atoms with Crippen molar-refractivity contribution in [3.8, 4) is 5.75 Å². The summed E-state index contributed by atoms with van der Waals surface area (Å²) in [5, 5.41) is 12.9.